The summed E-state index contributed by atoms with van der Waals surface area (Å²) < 4.78 is 0. The molecule has 0 aromatic heterocycles. The SMILES string of the molecule is CCN(CC)c1ccc(NC(=O)C2CCCCC2C(=O)O)c(C)c1. The summed E-state index contributed by atoms with van der Waals surface area (Å²) in [4.78, 5) is 26.2. The quantitative estimate of drug-likeness (QED) is 0.834. The van der Waals surface area contributed by atoms with E-state index in [9.17, 15) is 14.7 Å². The third kappa shape index (κ3) is 4.08. The molecule has 1 saturated carbocycles. The molecule has 24 heavy (non-hydrogen) atoms. The topological polar surface area (TPSA) is 69.6 Å². The van der Waals surface area contributed by atoms with Crippen molar-refractivity contribution in [2.24, 2.45) is 11.8 Å². The predicted octanol–water partition coefficient (Wildman–Crippen LogP) is 3.67. The normalized spacial score (nSPS) is 20.5. The van der Waals surface area contributed by atoms with Gasteiger partial charge in [0.05, 0.1) is 11.8 Å². The number of benzene rings is 1. The number of aliphatic carboxylic acids is 1. The monoisotopic (exact) mass is 332 g/mol. The summed E-state index contributed by atoms with van der Waals surface area (Å²) in [5.41, 5.74) is 2.90. The molecule has 0 aliphatic heterocycles. The molecule has 132 valence electrons. The van der Waals surface area contributed by atoms with Crippen LogP contribution in [0, 0.1) is 18.8 Å². The first-order valence-electron chi connectivity index (χ1n) is 8.87. The Labute approximate surface area is 144 Å². The van der Waals surface area contributed by atoms with E-state index in [2.05, 4.69) is 30.1 Å². The van der Waals surface area contributed by atoms with E-state index >= 15 is 0 Å². The van der Waals surface area contributed by atoms with E-state index in [4.69, 9.17) is 0 Å². The van der Waals surface area contributed by atoms with Crippen molar-refractivity contribution in [2.75, 3.05) is 23.3 Å². The molecule has 0 radical (unpaired) electrons. The molecular weight excluding hydrogens is 304 g/mol. The van der Waals surface area contributed by atoms with E-state index in [-0.39, 0.29) is 5.91 Å². The van der Waals surface area contributed by atoms with Gasteiger partial charge in [-0.05, 0) is 57.4 Å². The van der Waals surface area contributed by atoms with E-state index in [0.29, 0.717) is 12.8 Å². The van der Waals surface area contributed by atoms with Gasteiger partial charge in [-0.25, -0.2) is 0 Å². The van der Waals surface area contributed by atoms with Gasteiger partial charge in [0.15, 0.2) is 0 Å². The number of carboxylic acid groups (broad SMARTS) is 1. The number of anilines is 2. The van der Waals surface area contributed by atoms with Crippen molar-refractivity contribution in [3.63, 3.8) is 0 Å². The van der Waals surface area contributed by atoms with Crippen molar-refractivity contribution in [3.8, 4) is 0 Å². The van der Waals surface area contributed by atoms with Crippen LogP contribution < -0.4 is 10.2 Å². The molecule has 2 N–H and O–H groups in total. The number of carbonyl (C=O) groups excluding carboxylic acids is 1. The van der Waals surface area contributed by atoms with Crippen molar-refractivity contribution in [1.29, 1.82) is 0 Å². The maximum atomic E-state index is 12.6. The van der Waals surface area contributed by atoms with Gasteiger partial charge in [-0.3, -0.25) is 9.59 Å². The molecule has 5 nitrogen and oxygen atoms in total. The fourth-order valence-electron chi connectivity index (χ4n) is 3.54. The van der Waals surface area contributed by atoms with Crippen LogP contribution in [0.25, 0.3) is 0 Å². The highest BCUT2D eigenvalue weighted by atomic mass is 16.4. The second kappa shape index (κ2) is 8.18. The minimum atomic E-state index is -0.858. The molecule has 1 amide bonds. The van der Waals surface area contributed by atoms with Gasteiger partial charge in [0.2, 0.25) is 5.91 Å². The van der Waals surface area contributed by atoms with E-state index in [0.717, 1.165) is 42.9 Å². The number of amides is 1. The molecule has 1 aliphatic carbocycles. The highest BCUT2D eigenvalue weighted by Crippen LogP contribution is 2.32. The molecule has 1 aromatic carbocycles. The zero-order valence-electron chi connectivity index (χ0n) is 14.8. The molecule has 1 fully saturated rings. The van der Waals surface area contributed by atoms with E-state index in [1.165, 1.54) is 0 Å². The number of hydrogen-bond acceptors (Lipinski definition) is 3. The number of nitrogens with one attached hydrogen (secondary N) is 1. The summed E-state index contributed by atoms with van der Waals surface area (Å²) in [6, 6.07) is 5.99. The van der Waals surface area contributed by atoms with Crippen LogP contribution in [0.2, 0.25) is 0 Å². The number of rotatable bonds is 6. The zero-order chi connectivity index (χ0) is 17.7. The first-order valence-corrected chi connectivity index (χ1v) is 8.87. The third-order valence-electron chi connectivity index (χ3n) is 5.02. The molecule has 0 spiro atoms. The van der Waals surface area contributed by atoms with Crippen LogP contribution in [0.1, 0.15) is 45.1 Å². The molecule has 0 bridgehead atoms. The lowest BCUT2D eigenvalue weighted by Crippen LogP contribution is -2.36. The lowest BCUT2D eigenvalue weighted by Gasteiger charge is -2.28. The Kier molecular flexibility index (Phi) is 6.23. The number of hydrogen-bond donors (Lipinski definition) is 2. The van der Waals surface area contributed by atoms with Gasteiger partial charge in [-0.1, -0.05) is 12.8 Å². The summed E-state index contributed by atoms with van der Waals surface area (Å²) >= 11 is 0. The Hall–Kier alpha value is -2.04. The minimum Gasteiger partial charge on any atom is -0.481 e. The Morgan fingerprint density at radius 3 is 2.33 bits per heavy atom. The first kappa shape index (κ1) is 18.3. The van der Waals surface area contributed by atoms with Crippen molar-refractivity contribution in [1.82, 2.24) is 0 Å². The highest BCUT2D eigenvalue weighted by molar-refractivity contribution is 5.96. The second-order valence-electron chi connectivity index (χ2n) is 6.50. The Bertz CT molecular complexity index is 596. The molecule has 0 saturated heterocycles. The van der Waals surface area contributed by atoms with Gasteiger partial charge in [-0.15, -0.1) is 0 Å². The molecule has 2 atom stereocenters. The van der Waals surface area contributed by atoms with Gasteiger partial charge in [0.25, 0.3) is 0 Å². The molecule has 1 aliphatic rings. The van der Waals surface area contributed by atoms with Gasteiger partial charge in [-0.2, -0.15) is 0 Å². The Morgan fingerprint density at radius 1 is 1.17 bits per heavy atom. The predicted molar refractivity (Wildman–Crippen MR) is 96.5 cm³/mol. The Morgan fingerprint density at radius 2 is 1.79 bits per heavy atom. The van der Waals surface area contributed by atoms with E-state index in [1.807, 2.05) is 19.1 Å². The van der Waals surface area contributed by atoms with Crippen molar-refractivity contribution < 1.29 is 14.7 Å². The Balaban J connectivity index is 2.12. The maximum absolute atomic E-state index is 12.6. The third-order valence-corrected chi connectivity index (χ3v) is 5.02. The van der Waals surface area contributed by atoms with Crippen LogP contribution in [-0.2, 0) is 9.59 Å². The number of aryl methyl sites for hydroxylation is 1. The van der Waals surface area contributed by atoms with Crippen molar-refractivity contribution in [2.45, 2.75) is 46.5 Å². The summed E-state index contributed by atoms with van der Waals surface area (Å²) in [5, 5.41) is 12.3. The maximum Gasteiger partial charge on any atom is 0.307 e. The van der Waals surface area contributed by atoms with Gasteiger partial charge in [0, 0.05) is 24.5 Å². The first-order chi connectivity index (χ1) is 11.5. The fourth-order valence-corrected chi connectivity index (χ4v) is 3.54. The van der Waals surface area contributed by atoms with E-state index in [1.54, 1.807) is 0 Å². The lowest BCUT2D eigenvalue weighted by atomic mass is 9.78. The van der Waals surface area contributed by atoms with Crippen LogP contribution in [-0.4, -0.2) is 30.1 Å². The molecule has 1 aromatic rings. The van der Waals surface area contributed by atoms with Gasteiger partial charge < -0.3 is 15.3 Å². The average Bonchev–Trinajstić information content (AvgIpc) is 2.58. The fraction of sp³-hybridized carbons (Fsp3) is 0.579. The smallest absolute Gasteiger partial charge is 0.307 e. The van der Waals surface area contributed by atoms with Crippen LogP contribution in [0.3, 0.4) is 0 Å². The zero-order valence-corrected chi connectivity index (χ0v) is 14.8. The summed E-state index contributed by atoms with van der Waals surface area (Å²) in [6.07, 6.45) is 3.05. The molecular formula is C19H28N2O3. The van der Waals surface area contributed by atoms with Gasteiger partial charge in [0.1, 0.15) is 0 Å². The minimum absolute atomic E-state index is 0.166. The molecule has 0 heterocycles. The van der Waals surface area contributed by atoms with Crippen LogP contribution in [0.5, 0.6) is 0 Å². The number of carboxylic acids is 1. The van der Waals surface area contributed by atoms with E-state index < -0.39 is 17.8 Å². The molecule has 2 unspecified atom stereocenters. The average molecular weight is 332 g/mol. The second-order valence-corrected chi connectivity index (χ2v) is 6.50. The molecule has 2 rings (SSSR count). The summed E-state index contributed by atoms with van der Waals surface area (Å²) in [5.74, 6) is -2.02. The number of carbonyl (C=O) groups is 2. The largest absolute Gasteiger partial charge is 0.481 e. The van der Waals surface area contributed by atoms with Gasteiger partial charge >= 0.3 is 5.97 Å². The summed E-state index contributed by atoms with van der Waals surface area (Å²) in [7, 11) is 0. The lowest BCUT2D eigenvalue weighted by molar-refractivity contribution is -0.147. The van der Waals surface area contributed by atoms with Crippen molar-refractivity contribution in [3.05, 3.63) is 23.8 Å². The standard InChI is InChI=1S/C19H28N2O3/c1-4-21(5-2)14-10-11-17(13(3)12-14)20-18(22)15-8-6-7-9-16(15)19(23)24/h10-12,15-16H,4-9H2,1-3H3,(H,20,22)(H,23,24). The van der Waals surface area contributed by atoms with Crippen LogP contribution >= 0.6 is 0 Å². The van der Waals surface area contributed by atoms with Crippen molar-refractivity contribution >= 4 is 23.3 Å². The van der Waals surface area contributed by atoms with Crippen LogP contribution in [0.4, 0.5) is 11.4 Å². The molecule has 5 heteroatoms. The number of nitrogens with zero attached hydrogens (tertiary/aromatic N) is 1. The summed E-state index contributed by atoms with van der Waals surface area (Å²) in [6.45, 7) is 8.07. The van der Waals surface area contributed by atoms with Crippen LogP contribution in [0.15, 0.2) is 18.2 Å². The highest BCUT2D eigenvalue weighted by Gasteiger charge is 2.35.